The van der Waals surface area contributed by atoms with Crippen molar-refractivity contribution >= 4 is 138 Å². The molecule has 137 heavy (non-hydrogen) atoms. The first-order chi connectivity index (χ1) is 64.2. The number of carbonyl (C=O) groups is 12. The second kappa shape index (κ2) is 67.3. The van der Waals surface area contributed by atoms with Gasteiger partial charge in [-0.25, -0.2) is 38.4 Å². The quantitative estimate of drug-likeness (QED) is 0.0118. The molecule has 0 amide bonds. The molecule has 2 unspecified atom stereocenters. The van der Waals surface area contributed by atoms with Crippen LogP contribution in [-0.2, 0) is 102 Å². The van der Waals surface area contributed by atoms with Crippen molar-refractivity contribution in [1.29, 1.82) is 0 Å². The van der Waals surface area contributed by atoms with Crippen LogP contribution in [-0.4, -0.2) is 254 Å². The molecular formula is C99H170O30Si8. The van der Waals surface area contributed by atoms with E-state index in [1.807, 2.05) is 12.2 Å². The molecule has 0 bridgehead atoms. The topological polar surface area (TPSA) is 393 Å². The highest BCUT2D eigenvalue weighted by Crippen LogP contribution is 2.32. The summed E-state index contributed by atoms with van der Waals surface area (Å²) in [5, 5.41) is 18.4. The molecule has 0 aliphatic heterocycles. The lowest BCUT2D eigenvalue weighted by Crippen LogP contribution is -2.44. The van der Waals surface area contributed by atoms with E-state index < -0.39 is 150 Å². The number of Topliss-reactive ketones (excluding diaryl/α,β-unsaturated/α-hetero) is 2. The number of benzene rings is 2. The third kappa shape index (κ3) is 58.1. The van der Waals surface area contributed by atoms with Gasteiger partial charge in [-0.1, -0.05) is 104 Å². The summed E-state index contributed by atoms with van der Waals surface area (Å²) in [6.07, 6.45) is 21.4. The maximum absolute atomic E-state index is 12.6. The van der Waals surface area contributed by atoms with Crippen LogP contribution in [0.5, 0.6) is 0 Å². The first-order valence-electron chi connectivity index (χ1n) is 49.0. The molecule has 0 saturated heterocycles. The van der Waals surface area contributed by atoms with Crippen LogP contribution < -0.4 is 0 Å². The van der Waals surface area contributed by atoms with Crippen molar-refractivity contribution in [3.63, 3.8) is 0 Å². The molecular weight excluding hydrogens is 1890 g/mol. The molecule has 2 aliphatic carbocycles. The number of esters is 8. The summed E-state index contributed by atoms with van der Waals surface area (Å²) in [5.74, 6) is -8.99. The van der Waals surface area contributed by atoms with Gasteiger partial charge in [-0.3, -0.25) is 19.2 Å². The molecule has 778 valence electrons. The largest absolute Gasteiger partial charge is 0.481 e. The molecule has 0 heterocycles. The van der Waals surface area contributed by atoms with E-state index in [0.29, 0.717) is 70.9 Å². The van der Waals surface area contributed by atoms with Crippen LogP contribution in [0.15, 0.2) is 84.5 Å². The average molecular weight is 2070 g/mol. The minimum absolute atomic E-state index is 0.0388. The zero-order chi connectivity index (χ0) is 104. The SMILES string of the molecule is C=C(C)C(=O)OCCOC(=O)c1ccc(C(=O)OCCOCCC[Si](C)(C)O[Si](C)(C)CCCC)c(C(C)=O)c1.C=CC(=O)OCCOC(=O)c1ccc(C(=O)OCCOCCC[Si](C)(C)O[Si](C)(C)CCCC)c(C(C)=O)c1.CCCC[Si](C)(C)O[Si](C)(C)CCCOCCOC(=O)C1=C(C(=O)O)CCCC1.CCCC[Si](C)(C)O[Si](C)(C)CCCOCCOC(=O)C1CC=CCC1C(=O)O. The molecule has 4 rings (SSSR count). The van der Waals surface area contributed by atoms with E-state index in [9.17, 15) is 67.7 Å². The van der Waals surface area contributed by atoms with Gasteiger partial charge in [-0.2, -0.15) is 0 Å². The van der Waals surface area contributed by atoms with Crippen molar-refractivity contribution in [2.24, 2.45) is 11.8 Å². The van der Waals surface area contributed by atoms with Crippen LogP contribution in [0.3, 0.4) is 0 Å². The summed E-state index contributed by atoms with van der Waals surface area (Å²) in [6.45, 7) is 59.6. The Morgan fingerprint density at radius 3 is 0.934 bits per heavy atom. The Kier molecular flexibility index (Phi) is 62.9. The Morgan fingerprint density at radius 1 is 0.343 bits per heavy atom. The van der Waals surface area contributed by atoms with Crippen LogP contribution in [0.2, 0.25) is 153 Å². The number of aliphatic carboxylic acids is 2. The maximum atomic E-state index is 12.6. The predicted octanol–water partition coefficient (Wildman–Crippen LogP) is 21.5. The van der Waals surface area contributed by atoms with Gasteiger partial charge in [0.15, 0.2) is 78.1 Å². The van der Waals surface area contributed by atoms with E-state index in [-0.39, 0.29) is 111 Å². The van der Waals surface area contributed by atoms with E-state index in [2.05, 4.69) is 146 Å². The van der Waals surface area contributed by atoms with E-state index >= 15 is 0 Å². The summed E-state index contributed by atoms with van der Waals surface area (Å²) < 4.78 is 89.6. The molecule has 2 aliphatic rings. The van der Waals surface area contributed by atoms with Crippen LogP contribution in [0.1, 0.15) is 226 Å². The summed E-state index contributed by atoms with van der Waals surface area (Å²) in [4.78, 5) is 143. The average Bonchev–Trinajstić information content (AvgIpc) is 0.824. The number of rotatable bonds is 66. The van der Waals surface area contributed by atoms with Crippen molar-refractivity contribution in [3.05, 3.63) is 118 Å². The van der Waals surface area contributed by atoms with Gasteiger partial charge >= 0.3 is 59.7 Å². The minimum atomic E-state index is -1.76. The van der Waals surface area contributed by atoms with Crippen molar-refractivity contribution in [3.8, 4) is 0 Å². The summed E-state index contributed by atoms with van der Waals surface area (Å²) in [7, 11) is -13.3. The van der Waals surface area contributed by atoms with E-state index in [4.69, 9.17) is 73.3 Å². The molecule has 0 radical (unpaired) electrons. The predicted molar refractivity (Wildman–Crippen MR) is 553 cm³/mol. The maximum Gasteiger partial charge on any atom is 0.338 e. The molecule has 38 heteroatoms. The lowest BCUT2D eigenvalue weighted by molar-refractivity contribution is -0.158. The van der Waals surface area contributed by atoms with Gasteiger partial charge in [0.25, 0.3) is 0 Å². The van der Waals surface area contributed by atoms with Gasteiger partial charge in [0.1, 0.15) is 52.9 Å². The summed E-state index contributed by atoms with van der Waals surface area (Å²) in [6, 6.07) is 17.0. The van der Waals surface area contributed by atoms with Crippen molar-refractivity contribution in [2.45, 2.75) is 317 Å². The number of ketones is 2. The zero-order valence-electron chi connectivity index (χ0n) is 87.3. The van der Waals surface area contributed by atoms with E-state index in [1.54, 1.807) is 0 Å². The molecule has 0 aromatic heterocycles. The highest BCUT2D eigenvalue weighted by molar-refractivity contribution is 6.86. The Bertz CT molecular complexity index is 4150. The lowest BCUT2D eigenvalue weighted by Gasteiger charge is -2.34. The fraction of sp³-hybridized carbons (Fsp3) is 0.677. The molecule has 0 spiro atoms. The Balaban J connectivity index is 0.000000923. The monoisotopic (exact) mass is 2060 g/mol. The Labute approximate surface area is 826 Å². The highest BCUT2D eigenvalue weighted by Gasteiger charge is 2.39. The molecule has 0 saturated carbocycles. The standard InChI is InChI=1S/C29H46O9Si2.C28H44O9Si2.2C21H40O6Si2/c1-9-10-19-39(5,6)38-40(7,8)20-11-14-34-15-16-37-29(33)25-13-12-24(21-26(25)23(4)30)28(32)36-18-17-35-27(31)22(2)3;1-8-10-19-38(4,5)37-39(6,7)20-11-14-33-15-16-36-28(32)24-13-12-23(21-25(24)22(3)29)27(31)35-18-17-34-26(30)9-2;2*1-6-7-16-28(2,3)27-29(4,5)17-10-13-25-14-15-26-21(24)19-12-9-8-11-18(19)20(22)23/h12-13,21H,2,9-11,14-20H2,1,3-8H3;9,12-13,21H,2,8,10-11,14-20H2,1,3-7H3;6-17H2,1-5H3,(H,22,23);8-9,18-19H,6-7,10-17H2,1-5H3,(H,22,23). The molecule has 2 atom stereocenters. The first-order valence-corrected chi connectivity index (χ1v) is 74.0. The van der Waals surface area contributed by atoms with E-state index in [1.165, 1.54) is 133 Å². The van der Waals surface area contributed by atoms with Crippen LogP contribution in [0.25, 0.3) is 0 Å². The third-order valence-electron chi connectivity index (χ3n) is 22.2. The zero-order valence-corrected chi connectivity index (χ0v) is 95.3. The summed E-state index contributed by atoms with van der Waals surface area (Å²) >= 11 is 0. The summed E-state index contributed by atoms with van der Waals surface area (Å²) in [5.41, 5.74) is 1.14. The number of carbonyl (C=O) groups excluding carboxylic acids is 10. The minimum Gasteiger partial charge on any atom is -0.481 e. The Morgan fingerprint density at radius 2 is 0.628 bits per heavy atom. The van der Waals surface area contributed by atoms with Gasteiger partial charge in [-0.05, 0) is 274 Å². The van der Waals surface area contributed by atoms with Gasteiger partial charge < -0.3 is 83.5 Å². The van der Waals surface area contributed by atoms with Crippen LogP contribution in [0.4, 0.5) is 0 Å². The molecule has 0 fully saturated rings. The molecule has 2 aromatic rings. The van der Waals surface area contributed by atoms with Gasteiger partial charge in [-0.15, -0.1) is 0 Å². The Hall–Kier alpha value is -7.14. The second-order valence-corrected chi connectivity index (χ2v) is 74.9. The number of unbranched alkanes of at least 4 members (excludes halogenated alkanes) is 4. The first kappa shape index (κ1) is 128. The fourth-order valence-corrected chi connectivity index (χ4v) is 51.6. The van der Waals surface area contributed by atoms with Gasteiger partial charge in [0.2, 0.25) is 0 Å². The van der Waals surface area contributed by atoms with Crippen molar-refractivity contribution in [2.75, 3.05) is 106 Å². The van der Waals surface area contributed by atoms with Crippen molar-refractivity contribution in [1.82, 2.24) is 0 Å². The molecule has 2 N–H and O–H groups in total. The van der Waals surface area contributed by atoms with E-state index in [0.717, 1.165) is 68.8 Å². The highest BCUT2D eigenvalue weighted by atomic mass is 28.4. The van der Waals surface area contributed by atoms with Gasteiger partial charge in [0.05, 0.1) is 60.5 Å². The van der Waals surface area contributed by atoms with Gasteiger partial charge in [0, 0.05) is 60.3 Å². The number of carboxylic acids is 2. The van der Waals surface area contributed by atoms with Crippen molar-refractivity contribution < 1.29 is 141 Å². The smallest absolute Gasteiger partial charge is 0.338 e. The fourth-order valence-electron chi connectivity index (χ4n) is 15.6. The lowest BCUT2D eigenvalue weighted by atomic mass is 9.83. The second-order valence-electron chi connectivity index (χ2n) is 39.5. The number of carboxylic acid groups (broad SMARTS) is 2. The van der Waals surface area contributed by atoms with Crippen LogP contribution in [0, 0.1) is 11.8 Å². The third-order valence-corrected chi connectivity index (χ3v) is 52.4. The number of hydrogen-bond acceptors (Lipinski definition) is 28. The molecule has 2 aromatic carbocycles. The number of allylic oxidation sites excluding steroid dienone is 2. The van der Waals surface area contributed by atoms with Crippen LogP contribution >= 0.6 is 0 Å². The number of hydrogen-bond donors (Lipinski definition) is 2. The molecule has 30 nitrogen and oxygen atoms in total. The number of ether oxygens (including phenoxy) is 12. The normalized spacial score (nSPS) is 14.2.